The number of ether oxygens (including phenoxy) is 4. The van der Waals surface area contributed by atoms with Crippen LogP contribution in [0.1, 0.15) is 84.5 Å². The molecule has 0 radical (unpaired) electrons. The Balaban J connectivity index is 1.74. The molecule has 7 atom stereocenters. The molecule has 4 bridgehead atoms. The summed E-state index contributed by atoms with van der Waals surface area (Å²) in [4.78, 5) is 27.4. The number of esters is 2. The van der Waals surface area contributed by atoms with Crippen LogP contribution in [-0.4, -0.2) is 75.1 Å². The quantitative estimate of drug-likeness (QED) is 0.111. The van der Waals surface area contributed by atoms with Gasteiger partial charge in [0.2, 0.25) is 0 Å². The highest BCUT2D eigenvalue weighted by atomic mass is 16.6. The number of carbonyl (C=O) groups excluding carboxylic acids is 2. The molecule has 3 rings (SSSR count). The highest BCUT2D eigenvalue weighted by Gasteiger charge is 2.33. The van der Waals surface area contributed by atoms with Crippen molar-refractivity contribution in [3.05, 3.63) is 48.1 Å². The number of rotatable bonds is 8. The van der Waals surface area contributed by atoms with Crippen LogP contribution >= 0.6 is 0 Å². The third-order valence-corrected chi connectivity index (χ3v) is 8.18. The molecule has 0 aromatic rings. The zero-order valence-electron chi connectivity index (χ0n) is 26.0. The fraction of sp³-hybridized carbons (Fsp3) is 0.706. The van der Waals surface area contributed by atoms with E-state index in [1.807, 2.05) is 12.2 Å². The van der Waals surface area contributed by atoms with Crippen LogP contribution < -0.4 is 0 Å². The summed E-state index contributed by atoms with van der Waals surface area (Å²) >= 11 is 0. The van der Waals surface area contributed by atoms with E-state index in [0.29, 0.717) is 18.8 Å². The van der Waals surface area contributed by atoms with Gasteiger partial charge in [0.1, 0.15) is 6.10 Å². The van der Waals surface area contributed by atoms with Crippen LogP contribution in [-0.2, 0) is 28.5 Å². The first-order valence-electron chi connectivity index (χ1n) is 15.7. The second-order valence-electron chi connectivity index (χ2n) is 12.4. The summed E-state index contributed by atoms with van der Waals surface area (Å²) in [7, 11) is 5.58. The molecular formula is C34H53NO6. The molecule has 0 saturated carbocycles. The predicted octanol–water partition coefficient (Wildman–Crippen LogP) is 6.34. The summed E-state index contributed by atoms with van der Waals surface area (Å²) in [5, 5.41) is 0. The second-order valence-corrected chi connectivity index (χ2v) is 12.4. The van der Waals surface area contributed by atoms with Gasteiger partial charge in [0.05, 0.1) is 37.9 Å². The van der Waals surface area contributed by atoms with E-state index in [-0.39, 0.29) is 54.8 Å². The number of fused-ring (bicyclic) bond motifs is 4. The molecule has 2 fully saturated rings. The molecule has 3 heterocycles. The van der Waals surface area contributed by atoms with E-state index < -0.39 is 0 Å². The Hall–Kier alpha value is -2.22. The molecule has 3 aliphatic rings. The van der Waals surface area contributed by atoms with Crippen LogP contribution in [0.25, 0.3) is 0 Å². The number of allylic oxidation sites excluding steroid dienone is 4. The number of methoxy groups -OCH3 is 1. The van der Waals surface area contributed by atoms with Crippen molar-refractivity contribution in [1.29, 1.82) is 0 Å². The lowest BCUT2D eigenvalue weighted by Crippen LogP contribution is -2.37. The maximum atomic E-state index is 13.2. The largest absolute Gasteiger partial charge is 0.466 e. The van der Waals surface area contributed by atoms with Gasteiger partial charge in [0, 0.05) is 18.4 Å². The summed E-state index contributed by atoms with van der Waals surface area (Å²) < 4.78 is 23.9. The normalized spacial score (nSPS) is 33.8. The lowest BCUT2D eigenvalue weighted by molar-refractivity contribution is -0.154. The van der Waals surface area contributed by atoms with Crippen molar-refractivity contribution >= 4 is 11.9 Å². The van der Waals surface area contributed by atoms with Gasteiger partial charge in [-0.25, -0.2) is 4.79 Å². The first-order chi connectivity index (χ1) is 19.7. The van der Waals surface area contributed by atoms with Gasteiger partial charge in [-0.05, 0) is 90.4 Å². The Morgan fingerprint density at radius 1 is 0.976 bits per heavy atom. The number of hydrogen-bond donors (Lipinski definition) is 0. The molecule has 0 unspecified atom stereocenters. The van der Waals surface area contributed by atoms with Crippen molar-refractivity contribution < 1.29 is 28.5 Å². The van der Waals surface area contributed by atoms with Crippen molar-refractivity contribution in [3.8, 4) is 0 Å². The smallest absolute Gasteiger partial charge is 0.330 e. The Bertz CT molecular complexity index is 937. The first-order valence-corrected chi connectivity index (χ1v) is 15.7. The van der Waals surface area contributed by atoms with Crippen LogP contribution in [0.2, 0.25) is 0 Å². The van der Waals surface area contributed by atoms with Gasteiger partial charge < -0.3 is 23.8 Å². The van der Waals surface area contributed by atoms with E-state index in [1.165, 1.54) is 13.5 Å². The van der Waals surface area contributed by atoms with Crippen molar-refractivity contribution in [2.24, 2.45) is 11.8 Å². The van der Waals surface area contributed by atoms with Crippen LogP contribution in [0.15, 0.2) is 48.1 Å². The van der Waals surface area contributed by atoms with Gasteiger partial charge in [-0.1, -0.05) is 49.8 Å². The topological polar surface area (TPSA) is 74.3 Å². The molecule has 0 aromatic carbocycles. The minimum Gasteiger partial charge on any atom is -0.466 e. The summed E-state index contributed by atoms with van der Waals surface area (Å²) in [6.45, 7) is 5.42. The maximum absolute atomic E-state index is 13.2. The van der Waals surface area contributed by atoms with Gasteiger partial charge in [0.25, 0.3) is 0 Å². The van der Waals surface area contributed by atoms with Crippen molar-refractivity contribution in [1.82, 2.24) is 4.90 Å². The fourth-order valence-electron chi connectivity index (χ4n) is 5.97. The number of cyclic esters (lactones) is 1. The molecule has 0 aliphatic carbocycles. The number of carbonyl (C=O) groups is 2. The third kappa shape index (κ3) is 12.7. The second kappa shape index (κ2) is 17.7. The molecule has 0 aromatic heterocycles. The fourth-order valence-corrected chi connectivity index (χ4v) is 5.97. The summed E-state index contributed by atoms with van der Waals surface area (Å²) in [5.41, 5.74) is 0.955. The minimum atomic E-state index is -0.378. The molecule has 0 spiro atoms. The van der Waals surface area contributed by atoms with E-state index in [0.717, 1.165) is 57.1 Å². The van der Waals surface area contributed by atoms with E-state index >= 15 is 0 Å². The summed E-state index contributed by atoms with van der Waals surface area (Å²) in [5.74, 6) is -0.274. The van der Waals surface area contributed by atoms with Gasteiger partial charge in [-0.3, -0.25) is 4.79 Å². The van der Waals surface area contributed by atoms with Crippen molar-refractivity contribution in [2.45, 2.75) is 115 Å². The molecule has 2 saturated heterocycles. The lowest BCUT2D eigenvalue weighted by Gasteiger charge is -2.37. The monoisotopic (exact) mass is 571 g/mol. The van der Waals surface area contributed by atoms with Crippen molar-refractivity contribution in [2.75, 3.05) is 27.7 Å². The molecule has 7 heteroatoms. The first kappa shape index (κ1) is 33.3. The molecular weight excluding hydrogens is 518 g/mol. The average molecular weight is 572 g/mol. The number of hydrogen-bond acceptors (Lipinski definition) is 7. The molecule has 230 valence electrons. The Labute approximate surface area is 248 Å². The van der Waals surface area contributed by atoms with E-state index in [9.17, 15) is 9.59 Å². The number of unbranched alkanes of at least 4 members (excludes halogenated alkanes) is 2. The maximum Gasteiger partial charge on any atom is 0.330 e. The molecule has 7 nitrogen and oxygen atoms in total. The SMILES string of the molecule is COC(=O)/C=C1\C[C@H]2CC(=O)O[C@@H](/C=C/C=C\CCCCN(C)C)[C@@H](C)/C=C/[C@H](C)C[C@H]3CCC[C@@H](C[C@@H](C1)O2)O3. The molecule has 0 N–H and O–H groups in total. The molecule has 0 amide bonds. The van der Waals surface area contributed by atoms with Crippen LogP contribution in [0, 0.1) is 11.8 Å². The molecule has 3 aliphatic heterocycles. The zero-order chi connectivity index (χ0) is 29.6. The van der Waals surface area contributed by atoms with Crippen LogP contribution in [0.3, 0.4) is 0 Å². The highest BCUT2D eigenvalue weighted by Crippen LogP contribution is 2.33. The highest BCUT2D eigenvalue weighted by molar-refractivity contribution is 5.82. The van der Waals surface area contributed by atoms with E-state index in [2.05, 4.69) is 57.1 Å². The summed E-state index contributed by atoms with van der Waals surface area (Å²) in [6.07, 6.45) is 23.3. The van der Waals surface area contributed by atoms with Crippen molar-refractivity contribution in [3.63, 3.8) is 0 Å². The van der Waals surface area contributed by atoms with E-state index in [4.69, 9.17) is 18.9 Å². The van der Waals surface area contributed by atoms with Crippen LogP contribution in [0.5, 0.6) is 0 Å². The third-order valence-electron chi connectivity index (χ3n) is 8.18. The predicted molar refractivity (Wildman–Crippen MR) is 162 cm³/mol. The number of nitrogens with zero attached hydrogens (tertiary/aromatic N) is 1. The van der Waals surface area contributed by atoms with Gasteiger partial charge in [0.15, 0.2) is 0 Å². The Kier molecular flexibility index (Phi) is 14.3. The van der Waals surface area contributed by atoms with Gasteiger partial charge in [-0.2, -0.15) is 0 Å². The van der Waals surface area contributed by atoms with Gasteiger partial charge >= 0.3 is 11.9 Å². The standard InChI is InChI=1S/C34H53NO6/c1-25-16-17-26(2)32(15-10-8-6-7-9-11-18-35(3)4)41-34(37)24-31-21-27(22-33(36)38-5)20-30(40-31)23-29-14-12-13-28(19-25)39-29/h6,8,10,15-17,22,25-26,28-32H,7,9,11-14,18-21,23-24H2,1-5H3/b8-6-,15-10+,17-16+,27-22-/t25-,26-,28+,29-,30+,31-,32-/m0/s1. The van der Waals surface area contributed by atoms with Crippen LogP contribution in [0.4, 0.5) is 0 Å². The zero-order valence-corrected chi connectivity index (χ0v) is 26.0. The van der Waals surface area contributed by atoms with Gasteiger partial charge in [-0.15, -0.1) is 0 Å². The lowest BCUT2D eigenvalue weighted by atomic mass is 9.89. The Morgan fingerprint density at radius 3 is 2.46 bits per heavy atom. The summed E-state index contributed by atoms with van der Waals surface area (Å²) in [6, 6.07) is 0. The minimum absolute atomic E-state index is 0.0221. The Morgan fingerprint density at radius 2 is 1.71 bits per heavy atom. The molecule has 41 heavy (non-hydrogen) atoms. The average Bonchev–Trinajstić information content (AvgIpc) is 2.91. The van der Waals surface area contributed by atoms with E-state index in [1.54, 1.807) is 6.08 Å².